The average molecular weight is 345 g/mol. The highest BCUT2D eigenvalue weighted by Gasteiger charge is 2.35. The van der Waals surface area contributed by atoms with Crippen molar-refractivity contribution < 1.29 is 19.0 Å². The number of halogens is 1. The molecule has 0 saturated carbocycles. The normalized spacial score (nSPS) is 19.7. The Morgan fingerprint density at radius 1 is 1.22 bits per heavy atom. The van der Waals surface area contributed by atoms with Crippen LogP contribution in [-0.4, -0.2) is 40.3 Å². The van der Waals surface area contributed by atoms with Crippen molar-refractivity contribution in [1.29, 1.82) is 0 Å². The molecule has 1 aromatic carbocycles. The van der Waals surface area contributed by atoms with Gasteiger partial charge in [0.15, 0.2) is 11.5 Å². The Kier molecular flexibility index (Phi) is 6.97. The maximum atomic E-state index is 12.3. The molecule has 0 aromatic heterocycles. The number of carbonyl (C=O) groups excluding carboxylic acids is 1. The number of amides is 1. The van der Waals surface area contributed by atoms with Gasteiger partial charge >= 0.3 is 0 Å². The fraction of sp³-hybridized carbons (Fsp3) is 0.562. The molecule has 6 nitrogen and oxygen atoms in total. The van der Waals surface area contributed by atoms with Crippen molar-refractivity contribution in [3.63, 3.8) is 0 Å². The van der Waals surface area contributed by atoms with E-state index in [9.17, 15) is 4.79 Å². The Balaban J connectivity index is 0.00000264. The molecular formula is C16H25ClN2O4. The van der Waals surface area contributed by atoms with Crippen LogP contribution in [0.1, 0.15) is 18.9 Å². The molecule has 1 aliphatic rings. The van der Waals surface area contributed by atoms with Gasteiger partial charge in [0.05, 0.1) is 26.7 Å². The van der Waals surface area contributed by atoms with Crippen molar-refractivity contribution >= 4 is 18.3 Å². The lowest BCUT2D eigenvalue weighted by molar-refractivity contribution is -0.129. The molecule has 2 N–H and O–H groups in total. The van der Waals surface area contributed by atoms with Crippen LogP contribution in [0.5, 0.6) is 17.2 Å². The van der Waals surface area contributed by atoms with E-state index in [1.54, 1.807) is 21.3 Å². The van der Waals surface area contributed by atoms with Crippen molar-refractivity contribution in [2.24, 2.45) is 5.41 Å². The molecular weight excluding hydrogens is 320 g/mol. The number of carbonyl (C=O) groups is 1. The lowest BCUT2D eigenvalue weighted by Crippen LogP contribution is -2.40. The van der Waals surface area contributed by atoms with Crippen LogP contribution in [0.2, 0.25) is 0 Å². The summed E-state index contributed by atoms with van der Waals surface area (Å²) in [5.41, 5.74) is 0.568. The van der Waals surface area contributed by atoms with Crippen molar-refractivity contribution in [1.82, 2.24) is 10.6 Å². The highest BCUT2D eigenvalue weighted by Crippen LogP contribution is 2.38. The second kappa shape index (κ2) is 8.26. The Morgan fingerprint density at radius 3 is 2.26 bits per heavy atom. The molecule has 1 atom stereocenters. The number of nitrogens with one attached hydrogen (secondary N) is 2. The Bertz CT molecular complexity index is 520. The molecule has 0 bridgehead atoms. The number of hydrogen-bond donors (Lipinski definition) is 2. The first-order valence-electron chi connectivity index (χ1n) is 7.32. The second-order valence-electron chi connectivity index (χ2n) is 5.70. The SMILES string of the molecule is COc1cc(CNC(=O)C2(C)CCNC2)cc(OC)c1OC.Cl. The lowest BCUT2D eigenvalue weighted by atomic mass is 9.89. The van der Waals surface area contributed by atoms with Gasteiger partial charge in [-0.05, 0) is 37.6 Å². The molecule has 1 fully saturated rings. The molecule has 0 spiro atoms. The van der Waals surface area contributed by atoms with Gasteiger partial charge in [-0.25, -0.2) is 0 Å². The van der Waals surface area contributed by atoms with E-state index >= 15 is 0 Å². The van der Waals surface area contributed by atoms with E-state index in [0.29, 0.717) is 30.3 Å². The molecule has 0 aliphatic carbocycles. The minimum atomic E-state index is -0.333. The summed E-state index contributed by atoms with van der Waals surface area (Å²) in [5, 5.41) is 6.22. The molecule has 1 heterocycles. The van der Waals surface area contributed by atoms with Gasteiger partial charge in [-0.2, -0.15) is 0 Å². The van der Waals surface area contributed by atoms with Gasteiger partial charge < -0.3 is 24.8 Å². The molecule has 2 rings (SSSR count). The molecule has 1 amide bonds. The third-order valence-corrected chi connectivity index (χ3v) is 4.09. The molecule has 130 valence electrons. The molecule has 23 heavy (non-hydrogen) atoms. The van der Waals surface area contributed by atoms with Crippen molar-refractivity contribution in [3.05, 3.63) is 17.7 Å². The first-order valence-corrected chi connectivity index (χ1v) is 7.32. The van der Waals surface area contributed by atoms with E-state index < -0.39 is 0 Å². The van der Waals surface area contributed by atoms with E-state index in [2.05, 4.69) is 10.6 Å². The first kappa shape index (κ1) is 19.4. The molecule has 1 saturated heterocycles. The number of benzene rings is 1. The quantitative estimate of drug-likeness (QED) is 0.823. The Morgan fingerprint density at radius 2 is 1.83 bits per heavy atom. The highest BCUT2D eigenvalue weighted by atomic mass is 35.5. The van der Waals surface area contributed by atoms with Gasteiger partial charge in [-0.1, -0.05) is 0 Å². The largest absolute Gasteiger partial charge is 0.493 e. The van der Waals surface area contributed by atoms with Gasteiger partial charge in [-0.3, -0.25) is 4.79 Å². The fourth-order valence-corrected chi connectivity index (χ4v) is 2.64. The topological polar surface area (TPSA) is 68.8 Å². The zero-order valence-corrected chi connectivity index (χ0v) is 14.8. The van der Waals surface area contributed by atoms with Crippen LogP contribution in [0.3, 0.4) is 0 Å². The predicted molar refractivity (Wildman–Crippen MR) is 90.8 cm³/mol. The van der Waals surface area contributed by atoms with Crippen molar-refractivity contribution in [2.75, 3.05) is 34.4 Å². The molecule has 7 heteroatoms. The Hall–Kier alpha value is -1.66. The fourth-order valence-electron chi connectivity index (χ4n) is 2.64. The minimum absolute atomic E-state index is 0. The average Bonchev–Trinajstić information content (AvgIpc) is 2.99. The summed E-state index contributed by atoms with van der Waals surface area (Å²) in [6, 6.07) is 3.69. The second-order valence-corrected chi connectivity index (χ2v) is 5.70. The minimum Gasteiger partial charge on any atom is -0.493 e. The first-order chi connectivity index (χ1) is 10.5. The number of rotatable bonds is 6. The highest BCUT2D eigenvalue weighted by molar-refractivity contribution is 5.85. The summed E-state index contributed by atoms with van der Waals surface area (Å²) >= 11 is 0. The van der Waals surface area contributed by atoms with Crippen LogP contribution in [0.4, 0.5) is 0 Å². The summed E-state index contributed by atoms with van der Waals surface area (Å²) in [6.07, 6.45) is 0.855. The zero-order chi connectivity index (χ0) is 16.2. The van der Waals surface area contributed by atoms with Crippen LogP contribution < -0.4 is 24.8 Å². The summed E-state index contributed by atoms with van der Waals surface area (Å²) in [6.45, 7) is 4.00. The molecule has 0 radical (unpaired) electrons. The number of ether oxygens (including phenoxy) is 3. The summed E-state index contributed by atoms with van der Waals surface area (Å²) < 4.78 is 15.9. The van der Waals surface area contributed by atoms with Crippen LogP contribution >= 0.6 is 12.4 Å². The third kappa shape index (κ3) is 4.20. The Labute approximate surface area is 143 Å². The van der Waals surface area contributed by atoms with Gasteiger partial charge in [-0.15, -0.1) is 12.4 Å². The van der Waals surface area contributed by atoms with Gasteiger partial charge in [0.25, 0.3) is 0 Å². The zero-order valence-electron chi connectivity index (χ0n) is 14.0. The summed E-state index contributed by atoms with van der Waals surface area (Å²) in [4.78, 5) is 12.3. The summed E-state index contributed by atoms with van der Waals surface area (Å²) in [7, 11) is 4.71. The maximum Gasteiger partial charge on any atom is 0.227 e. The predicted octanol–water partition coefficient (Wildman–Crippen LogP) is 1.75. The molecule has 1 aliphatic heterocycles. The van der Waals surface area contributed by atoms with E-state index in [1.165, 1.54) is 0 Å². The van der Waals surface area contributed by atoms with Crippen LogP contribution in [0.25, 0.3) is 0 Å². The monoisotopic (exact) mass is 344 g/mol. The van der Waals surface area contributed by atoms with Crippen molar-refractivity contribution in [3.8, 4) is 17.2 Å². The van der Waals surface area contributed by atoms with Gasteiger partial charge in [0.2, 0.25) is 11.7 Å². The van der Waals surface area contributed by atoms with Crippen molar-refractivity contribution in [2.45, 2.75) is 19.9 Å². The lowest BCUT2D eigenvalue weighted by Gasteiger charge is -2.22. The summed E-state index contributed by atoms with van der Waals surface area (Å²) in [5.74, 6) is 1.78. The standard InChI is InChI=1S/C16H24N2O4.ClH/c1-16(5-6-17-10-16)15(19)18-9-11-7-12(20-2)14(22-4)13(8-11)21-3;/h7-8,17H,5-6,9-10H2,1-4H3,(H,18,19);1H. The van der Waals surface area contributed by atoms with E-state index in [1.807, 2.05) is 19.1 Å². The van der Waals surface area contributed by atoms with Crippen LogP contribution in [0.15, 0.2) is 12.1 Å². The van der Waals surface area contributed by atoms with Gasteiger partial charge in [0, 0.05) is 13.1 Å². The van der Waals surface area contributed by atoms with Gasteiger partial charge in [0.1, 0.15) is 0 Å². The maximum absolute atomic E-state index is 12.3. The number of methoxy groups -OCH3 is 3. The smallest absolute Gasteiger partial charge is 0.227 e. The molecule has 1 aromatic rings. The third-order valence-electron chi connectivity index (χ3n) is 4.09. The number of hydrogen-bond acceptors (Lipinski definition) is 5. The molecule has 1 unspecified atom stereocenters. The van der Waals surface area contributed by atoms with E-state index in [-0.39, 0.29) is 23.7 Å². The van der Waals surface area contributed by atoms with E-state index in [4.69, 9.17) is 14.2 Å². The van der Waals surface area contributed by atoms with Crippen LogP contribution in [0, 0.1) is 5.41 Å². The van der Waals surface area contributed by atoms with E-state index in [0.717, 1.165) is 18.5 Å². The van der Waals surface area contributed by atoms with Crippen LogP contribution in [-0.2, 0) is 11.3 Å².